The highest BCUT2D eigenvalue weighted by Crippen LogP contribution is 2.22. The quantitative estimate of drug-likeness (QED) is 0.812. The molecule has 80 valence electrons. The lowest BCUT2D eigenvalue weighted by Gasteiger charge is -2.18. The van der Waals surface area contributed by atoms with Crippen molar-refractivity contribution in [1.82, 2.24) is 5.32 Å². The van der Waals surface area contributed by atoms with E-state index < -0.39 is 0 Å². The summed E-state index contributed by atoms with van der Waals surface area (Å²) in [7, 11) is 1.98. The molecular weight excluding hydrogens is 194 g/mol. The molecule has 1 heterocycles. The molecule has 14 heavy (non-hydrogen) atoms. The SMILES string of the molecule is CNC(COC(C)C)c1ccsc1C. The lowest BCUT2D eigenvalue weighted by Crippen LogP contribution is -2.23. The molecule has 1 unspecified atom stereocenters. The molecule has 0 fully saturated rings. The molecule has 0 spiro atoms. The van der Waals surface area contributed by atoms with Crippen LogP contribution in [0.3, 0.4) is 0 Å². The Morgan fingerprint density at radius 2 is 2.21 bits per heavy atom. The van der Waals surface area contributed by atoms with E-state index in [4.69, 9.17) is 4.74 Å². The van der Waals surface area contributed by atoms with Crippen molar-refractivity contribution in [2.24, 2.45) is 0 Å². The standard InChI is InChI=1S/C11H19NOS/c1-8(2)13-7-11(12-4)10-5-6-14-9(10)3/h5-6,8,11-12H,7H2,1-4H3. The molecule has 1 rings (SSSR count). The second kappa shape index (κ2) is 5.49. The zero-order valence-electron chi connectivity index (χ0n) is 9.33. The van der Waals surface area contributed by atoms with Crippen LogP contribution in [-0.2, 0) is 4.74 Å². The van der Waals surface area contributed by atoms with Gasteiger partial charge in [-0.3, -0.25) is 0 Å². The summed E-state index contributed by atoms with van der Waals surface area (Å²) in [5, 5.41) is 5.41. The predicted octanol–water partition coefficient (Wildman–Crippen LogP) is 2.74. The fourth-order valence-electron chi connectivity index (χ4n) is 1.37. The minimum absolute atomic E-state index is 0.296. The van der Waals surface area contributed by atoms with Gasteiger partial charge in [0, 0.05) is 4.88 Å². The third-order valence-electron chi connectivity index (χ3n) is 2.22. The summed E-state index contributed by atoms with van der Waals surface area (Å²) in [5.41, 5.74) is 1.36. The van der Waals surface area contributed by atoms with Gasteiger partial charge in [-0.25, -0.2) is 0 Å². The summed E-state index contributed by atoms with van der Waals surface area (Å²) in [6.07, 6.45) is 0.296. The van der Waals surface area contributed by atoms with Crippen molar-refractivity contribution in [2.45, 2.75) is 32.9 Å². The van der Waals surface area contributed by atoms with Crippen LogP contribution < -0.4 is 5.32 Å². The van der Waals surface area contributed by atoms with E-state index in [1.54, 1.807) is 11.3 Å². The van der Waals surface area contributed by atoms with Crippen molar-refractivity contribution in [2.75, 3.05) is 13.7 Å². The van der Waals surface area contributed by atoms with Crippen LogP contribution in [0.5, 0.6) is 0 Å². The minimum atomic E-state index is 0.296. The average Bonchev–Trinajstić information content (AvgIpc) is 2.53. The third kappa shape index (κ3) is 3.08. The van der Waals surface area contributed by atoms with Crippen LogP contribution in [0.2, 0.25) is 0 Å². The first kappa shape index (κ1) is 11.7. The van der Waals surface area contributed by atoms with Gasteiger partial charge >= 0.3 is 0 Å². The van der Waals surface area contributed by atoms with Crippen LogP contribution >= 0.6 is 11.3 Å². The number of likely N-dealkylation sites (N-methyl/N-ethyl adjacent to an activating group) is 1. The summed E-state index contributed by atoms with van der Waals surface area (Å²) in [4.78, 5) is 1.37. The fourth-order valence-corrected chi connectivity index (χ4v) is 2.14. The van der Waals surface area contributed by atoms with Gasteiger partial charge in [-0.2, -0.15) is 0 Å². The molecule has 1 N–H and O–H groups in total. The van der Waals surface area contributed by atoms with E-state index in [0.29, 0.717) is 12.1 Å². The van der Waals surface area contributed by atoms with Crippen molar-refractivity contribution in [1.29, 1.82) is 0 Å². The van der Waals surface area contributed by atoms with Gasteiger partial charge in [0.1, 0.15) is 0 Å². The van der Waals surface area contributed by atoms with E-state index in [9.17, 15) is 0 Å². The van der Waals surface area contributed by atoms with Gasteiger partial charge in [-0.05, 0) is 44.8 Å². The Balaban J connectivity index is 2.58. The molecular formula is C11H19NOS. The van der Waals surface area contributed by atoms with Gasteiger partial charge in [0.2, 0.25) is 0 Å². The van der Waals surface area contributed by atoms with Gasteiger partial charge < -0.3 is 10.1 Å². The van der Waals surface area contributed by atoms with Crippen LogP contribution in [-0.4, -0.2) is 19.8 Å². The normalized spacial score (nSPS) is 13.5. The molecule has 0 saturated carbocycles. The van der Waals surface area contributed by atoms with Crippen molar-refractivity contribution >= 4 is 11.3 Å². The highest BCUT2D eigenvalue weighted by molar-refractivity contribution is 7.10. The molecule has 0 aliphatic heterocycles. The lowest BCUT2D eigenvalue weighted by atomic mass is 10.1. The van der Waals surface area contributed by atoms with Crippen molar-refractivity contribution in [3.8, 4) is 0 Å². The lowest BCUT2D eigenvalue weighted by molar-refractivity contribution is 0.0626. The van der Waals surface area contributed by atoms with Crippen LogP contribution in [0.4, 0.5) is 0 Å². The average molecular weight is 213 g/mol. The number of hydrogen-bond acceptors (Lipinski definition) is 3. The first-order valence-corrected chi connectivity index (χ1v) is 5.86. The summed E-state index contributed by atoms with van der Waals surface area (Å²) in [6.45, 7) is 7.02. The number of aryl methyl sites for hydroxylation is 1. The predicted molar refractivity (Wildman–Crippen MR) is 61.9 cm³/mol. The molecule has 0 amide bonds. The van der Waals surface area contributed by atoms with Gasteiger partial charge in [0.05, 0.1) is 18.8 Å². The molecule has 2 nitrogen and oxygen atoms in total. The first-order chi connectivity index (χ1) is 6.65. The monoisotopic (exact) mass is 213 g/mol. The Kier molecular flexibility index (Phi) is 4.58. The number of hydrogen-bond donors (Lipinski definition) is 1. The van der Waals surface area contributed by atoms with Crippen LogP contribution in [0.25, 0.3) is 0 Å². The molecule has 0 aliphatic carbocycles. The van der Waals surface area contributed by atoms with Crippen LogP contribution in [0.1, 0.15) is 30.3 Å². The van der Waals surface area contributed by atoms with Crippen LogP contribution in [0.15, 0.2) is 11.4 Å². The molecule has 1 aromatic rings. The summed E-state index contributed by atoms with van der Waals surface area (Å²) >= 11 is 1.79. The highest BCUT2D eigenvalue weighted by atomic mass is 32.1. The molecule has 0 radical (unpaired) electrons. The van der Waals surface area contributed by atoms with Gasteiger partial charge in [-0.1, -0.05) is 0 Å². The molecule has 1 aromatic heterocycles. The number of thiophene rings is 1. The van der Waals surface area contributed by atoms with E-state index in [2.05, 4.69) is 37.5 Å². The van der Waals surface area contributed by atoms with Crippen molar-refractivity contribution < 1.29 is 4.74 Å². The van der Waals surface area contributed by atoms with Gasteiger partial charge in [0.25, 0.3) is 0 Å². The minimum Gasteiger partial charge on any atom is -0.377 e. The van der Waals surface area contributed by atoms with Gasteiger partial charge in [0.15, 0.2) is 0 Å². The van der Waals surface area contributed by atoms with E-state index >= 15 is 0 Å². The number of ether oxygens (including phenoxy) is 1. The number of nitrogens with one attached hydrogen (secondary N) is 1. The summed E-state index contributed by atoms with van der Waals surface area (Å²) in [6, 6.07) is 2.49. The maximum absolute atomic E-state index is 5.62. The molecule has 1 atom stereocenters. The summed E-state index contributed by atoms with van der Waals surface area (Å²) in [5.74, 6) is 0. The number of rotatable bonds is 5. The largest absolute Gasteiger partial charge is 0.377 e. The Hall–Kier alpha value is -0.380. The van der Waals surface area contributed by atoms with Crippen molar-refractivity contribution in [3.63, 3.8) is 0 Å². The van der Waals surface area contributed by atoms with E-state index in [0.717, 1.165) is 6.61 Å². The highest BCUT2D eigenvalue weighted by Gasteiger charge is 2.13. The maximum Gasteiger partial charge on any atom is 0.0665 e. The zero-order chi connectivity index (χ0) is 10.6. The van der Waals surface area contributed by atoms with E-state index in [1.165, 1.54) is 10.4 Å². The Bertz CT molecular complexity index is 270. The fraction of sp³-hybridized carbons (Fsp3) is 0.636. The third-order valence-corrected chi connectivity index (χ3v) is 3.08. The molecule has 0 saturated heterocycles. The van der Waals surface area contributed by atoms with E-state index in [1.807, 2.05) is 7.05 Å². The Morgan fingerprint density at radius 3 is 2.64 bits per heavy atom. The van der Waals surface area contributed by atoms with Crippen molar-refractivity contribution in [3.05, 3.63) is 21.9 Å². The Labute approximate surface area is 90.3 Å². The molecule has 0 aromatic carbocycles. The van der Waals surface area contributed by atoms with Crippen LogP contribution in [0, 0.1) is 6.92 Å². The topological polar surface area (TPSA) is 21.3 Å². The maximum atomic E-state index is 5.62. The zero-order valence-corrected chi connectivity index (χ0v) is 10.1. The second-order valence-electron chi connectivity index (χ2n) is 3.66. The smallest absolute Gasteiger partial charge is 0.0665 e. The molecule has 3 heteroatoms. The molecule has 0 bridgehead atoms. The first-order valence-electron chi connectivity index (χ1n) is 4.98. The van der Waals surface area contributed by atoms with E-state index in [-0.39, 0.29) is 0 Å². The molecule has 0 aliphatic rings. The summed E-state index contributed by atoms with van der Waals surface area (Å²) < 4.78 is 5.62. The Morgan fingerprint density at radius 1 is 1.50 bits per heavy atom. The second-order valence-corrected chi connectivity index (χ2v) is 4.78. The van der Waals surface area contributed by atoms with Gasteiger partial charge in [-0.15, -0.1) is 11.3 Å².